The van der Waals surface area contributed by atoms with Crippen molar-refractivity contribution in [3.05, 3.63) is 52.2 Å². The molecule has 8 heteroatoms. The first kappa shape index (κ1) is 29.1. The van der Waals surface area contributed by atoms with Crippen LogP contribution < -0.4 is 10.6 Å². The minimum atomic E-state index is -0.805. The van der Waals surface area contributed by atoms with E-state index in [0.717, 1.165) is 23.4 Å². The number of nitrogens with zero attached hydrogens (tertiary/aromatic N) is 1. The molecule has 1 aromatic heterocycles. The first-order valence-corrected chi connectivity index (χ1v) is 15.7. The third kappa shape index (κ3) is 7.84. The van der Waals surface area contributed by atoms with Gasteiger partial charge in [0, 0.05) is 29.3 Å². The second kappa shape index (κ2) is 13.0. The minimum Gasteiger partial charge on any atom is -0.390 e. The van der Waals surface area contributed by atoms with E-state index < -0.39 is 12.1 Å². The Bertz CT molecular complexity index is 1070. The quantitative estimate of drug-likeness (QED) is 0.374. The summed E-state index contributed by atoms with van der Waals surface area (Å²) in [4.78, 5) is 30.6. The molecule has 1 aliphatic carbocycles. The highest BCUT2D eigenvalue weighted by Crippen LogP contribution is 2.39. The van der Waals surface area contributed by atoms with Crippen molar-refractivity contribution in [2.24, 2.45) is 11.8 Å². The van der Waals surface area contributed by atoms with Crippen LogP contribution in [0.2, 0.25) is 0 Å². The second-order valence-electron chi connectivity index (χ2n) is 12.0. The van der Waals surface area contributed by atoms with Gasteiger partial charge in [0.05, 0.1) is 23.1 Å². The number of aliphatic hydroxyl groups excluding tert-OH is 1. The van der Waals surface area contributed by atoms with Crippen LogP contribution in [0.1, 0.15) is 68.1 Å². The number of fused-ring (bicyclic) bond motifs is 1. The van der Waals surface area contributed by atoms with Crippen molar-refractivity contribution in [3.8, 4) is 0 Å². The molecule has 2 aromatic rings. The number of β-amino-alcohol motifs (C(OH)–C–C–N with tert-alkyl or cyclic N) is 1. The number of thiophene rings is 1. The molecule has 6 nitrogen and oxygen atoms in total. The van der Waals surface area contributed by atoms with Gasteiger partial charge in [0.25, 0.3) is 5.91 Å². The summed E-state index contributed by atoms with van der Waals surface area (Å²) in [7, 11) is 0. The van der Waals surface area contributed by atoms with Crippen LogP contribution in [-0.2, 0) is 4.79 Å². The van der Waals surface area contributed by atoms with Crippen molar-refractivity contribution in [1.82, 2.24) is 15.5 Å². The molecule has 38 heavy (non-hydrogen) atoms. The van der Waals surface area contributed by atoms with Crippen LogP contribution in [0.15, 0.2) is 46.7 Å². The standard InChI is InChI=1S/C30H43N3O3S2/c1-20-14-15-37-27(20)29(36)31-24(19-38-23-12-6-5-7-13-23)26(34)18-33-17-22-11-9-8-10-21(22)16-25(33)28(35)32-30(2,3)4/h5-7,12-15,21-22,24-26,34H,8-11,16-19H2,1-4H3,(H,31,36)(H,32,35)/t21?,22-,24+,25+,26-/m1/s1. The van der Waals surface area contributed by atoms with Crippen LogP contribution in [0.5, 0.6) is 0 Å². The number of piperidine rings is 1. The van der Waals surface area contributed by atoms with Crippen molar-refractivity contribution >= 4 is 34.9 Å². The highest BCUT2D eigenvalue weighted by Gasteiger charge is 2.41. The Morgan fingerprint density at radius 1 is 1.13 bits per heavy atom. The zero-order valence-electron chi connectivity index (χ0n) is 23.1. The molecule has 4 rings (SSSR count). The van der Waals surface area contributed by atoms with Gasteiger partial charge in [0.15, 0.2) is 0 Å². The Morgan fingerprint density at radius 3 is 2.50 bits per heavy atom. The lowest BCUT2D eigenvalue weighted by Crippen LogP contribution is -2.60. The van der Waals surface area contributed by atoms with Gasteiger partial charge in [-0.2, -0.15) is 0 Å². The van der Waals surface area contributed by atoms with Crippen LogP contribution in [0.3, 0.4) is 0 Å². The number of likely N-dealkylation sites (tertiary alicyclic amines) is 1. The average molecular weight is 558 g/mol. The summed E-state index contributed by atoms with van der Waals surface area (Å²) in [6.45, 7) is 9.14. The van der Waals surface area contributed by atoms with Gasteiger partial charge in [-0.25, -0.2) is 0 Å². The largest absolute Gasteiger partial charge is 0.390 e. The fourth-order valence-electron chi connectivity index (χ4n) is 5.79. The second-order valence-corrected chi connectivity index (χ2v) is 14.0. The molecule has 0 spiro atoms. The fraction of sp³-hybridized carbons (Fsp3) is 0.600. The van der Waals surface area contributed by atoms with Crippen molar-refractivity contribution in [3.63, 3.8) is 0 Å². The van der Waals surface area contributed by atoms with E-state index in [2.05, 4.69) is 15.5 Å². The monoisotopic (exact) mass is 557 g/mol. The summed E-state index contributed by atoms with van der Waals surface area (Å²) in [6.07, 6.45) is 4.89. The van der Waals surface area contributed by atoms with Crippen LogP contribution in [-0.4, -0.2) is 64.4 Å². The number of hydrogen-bond donors (Lipinski definition) is 3. The molecule has 2 fully saturated rings. The highest BCUT2D eigenvalue weighted by molar-refractivity contribution is 7.99. The van der Waals surface area contributed by atoms with Gasteiger partial charge in [-0.15, -0.1) is 23.1 Å². The highest BCUT2D eigenvalue weighted by atomic mass is 32.2. The molecule has 1 saturated carbocycles. The lowest BCUT2D eigenvalue weighted by molar-refractivity contribution is -0.132. The van der Waals surface area contributed by atoms with Crippen molar-refractivity contribution in [1.29, 1.82) is 0 Å². The van der Waals surface area contributed by atoms with Gasteiger partial charge in [0.1, 0.15) is 0 Å². The molecule has 1 aliphatic heterocycles. The van der Waals surface area contributed by atoms with E-state index in [9.17, 15) is 14.7 Å². The molecular weight excluding hydrogens is 514 g/mol. The molecular formula is C30H43N3O3S2. The van der Waals surface area contributed by atoms with E-state index in [1.54, 1.807) is 11.8 Å². The summed E-state index contributed by atoms with van der Waals surface area (Å²) in [6, 6.07) is 11.3. The number of rotatable bonds is 9. The van der Waals surface area contributed by atoms with Crippen molar-refractivity contribution in [2.75, 3.05) is 18.8 Å². The summed E-state index contributed by atoms with van der Waals surface area (Å²) in [5.41, 5.74) is 0.626. The third-order valence-corrected chi connectivity index (χ3v) is 9.89. The Kier molecular flexibility index (Phi) is 9.95. The zero-order valence-corrected chi connectivity index (χ0v) is 24.7. The van der Waals surface area contributed by atoms with Crippen LogP contribution in [0.25, 0.3) is 0 Å². The summed E-state index contributed by atoms with van der Waals surface area (Å²) in [5, 5.41) is 19.8. The van der Waals surface area contributed by atoms with Gasteiger partial charge >= 0.3 is 0 Å². The van der Waals surface area contributed by atoms with E-state index in [-0.39, 0.29) is 23.4 Å². The Labute approximate surface area is 236 Å². The van der Waals surface area contributed by atoms with Gasteiger partial charge in [-0.05, 0) is 81.5 Å². The maximum atomic E-state index is 13.4. The normalized spacial score (nSPS) is 23.8. The molecule has 1 unspecified atom stereocenters. The number of amides is 2. The average Bonchev–Trinajstić information content (AvgIpc) is 3.31. The number of nitrogens with one attached hydrogen (secondary N) is 2. The maximum absolute atomic E-state index is 13.4. The first-order valence-electron chi connectivity index (χ1n) is 13.9. The number of aliphatic hydroxyl groups is 1. The molecule has 5 atom stereocenters. The SMILES string of the molecule is Cc1ccsc1C(=O)N[C@@H](CSc1ccccc1)[C@H](O)CN1C[C@H]2CCCCC2C[C@H]1C(=O)NC(C)(C)C. The van der Waals surface area contributed by atoms with Gasteiger partial charge in [-0.1, -0.05) is 37.5 Å². The Hall–Kier alpha value is -1.87. The smallest absolute Gasteiger partial charge is 0.261 e. The molecule has 2 amide bonds. The van der Waals surface area contributed by atoms with E-state index in [4.69, 9.17) is 0 Å². The van der Waals surface area contributed by atoms with Gasteiger partial charge in [0.2, 0.25) is 5.91 Å². The lowest BCUT2D eigenvalue weighted by Gasteiger charge is -2.47. The summed E-state index contributed by atoms with van der Waals surface area (Å²) in [5.74, 6) is 1.57. The number of benzene rings is 1. The number of carbonyl (C=O) groups is 2. The van der Waals surface area contributed by atoms with E-state index in [1.165, 1.54) is 37.0 Å². The summed E-state index contributed by atoms with van der Waals surface area (Å²) < 4.78 is 0. The Balaban J connectivity index is 1.51. The predicted octanol–water partition coefficient (Wildman–Crippen LogP) is 5.10. The van der Waals surface area contributed by atoms with E-state index in [1.807, 2.05) is 69.5 Å². The van der Waals surface area contributed by atoms with Crippen LogP contribution in [0, 0.1) is 18.8 Å². The van der Waals surface area contributed by atoms with Crippen LogP contribution in [0.4, 0.5) is 0 Å². The molecule has 3 N–H and O–H groups in total. The minimum absolute atomic E-state index is 0.0437. The number of carbonyl (C=O) groups excluding carboxylic acids is 2. The van der Waals surface area contributed by atoms with Crippen molar-refractivity contribution in [2.45, 2.75) is 88.4 Å². The topological polar surface area (TPSA) is 81.7 Å². The molecule has 1 aromatic carbocycles. The van der Waals surface area contributed by atoms with Crippen molar-refractivity contribution < 1.29 is 14.7 Å². The molecule has 0 radical (unpaired) electrons. The maximum Gasteiger partial charge on any atom is 0.261 e. The van der Waals surface area contributed by atoms with E-state index >= 15 is 0 Å². The van der Waals surface area contributed by atoms with Gasteiger partial charge < -0.3 is 15.7 Å². The van der Waals surface area contributed by atoms with Crippen LogP contribution >= 0.6 is 23.1 Å². The third-order valence-electron chi connectivity index (χ3n) is 7.75. The molecule has 208 valence electrons. The van der Waals surface area contributed by atoms with Gasteiger partial charge in [-0.3, -0.25) is 14.5 Å². The predicted molar refractivity (Wildman–Crippen MR) is 157 cm³/mol. The number of thioether (sulfide) groups is 1. The molecule has 2 heterocycles. The number of hydrogen-bond acceptors (Lipinski definition) is 6. The fourth-order valence-corrected chi connectivity index (χ4v) is 7.64. The first-order chi connectivity index (χ1) is 18.1. The molecule has 1 saturated heterocycles. The molecule has 2 aliphatic rings. The Morgan fingerprint density at radius 2 is 1.84 bits per heavy atom. The van der Waals surface area contributed by atoms with E-state index in [0.29, 0.717) is 29.0 Å². The molecule has 0 bridgehead atoms. The number of aryl methyl sites for hydroxylation is 1. The zero-order chi connectivity index (χ0) is 27.3. The lowest BCUT2D eigenvalue weighted by atomic mass is 9.72. The summed E-state index contributed by atoms with van der Waals surface area (Å²) >= 11 is 3.05.